The first-order valence-corrected chi connectivity index (χ1v) is 10.7. The Labute approximate surface area is 179 Å². The van der Waals surface area contributed by atoms with Gasteiger partial charge in [-0.1, -0.05) is 19.8 Å². The lowest BCUT2D eigenvalue weighted by atomic mass is 10.2. The fourth-order valence-corrected chi connectivity index (χ4v) is 3.42. The molecule has 0 N–H and O–H groups in total. The van der Waals surface area contributed by atoms with Crippen LogP contribution in [0.3, 0.4) is 0 Å². The van der Waals surface area contributed by atoms with Crippen molar-refractivity contribution in [2.24, 2.45) is 0 Å². The number of hydrogen-bond donors (Lipinski definition) is 0. The lowest BCUT2D eigenvalue weighted by molar-refractivity contribution is -0.384. The molecular weight excluding hydrogens is 406 g/mol. The normalized spacial score (nSPS) is 10.9. The number of nitro groups is 1. The van der Waals surface area contributed by atoms with Crippen LogP contribution in [0.2, 0.25) is 0 Å². The van der Waals surface area contributed by atoms with E-state index < -0.39 is 10.9 Å². The minimum Gasteiger partial charge on any atom is -0.461 e. The molecule has 0 aliphatic rings. The number of hydrogen-bond acceptors (Lipinski definition) is 7. The van der Waals surface area contributed by atoms with Crippen molar-refractivity contribution < 1.29 is 19.2 Å². The van der Waals surface area contributed by atoms with Crippen molar-refractivity contribution in [1.82, 2.24) is 9.88 Å². The van der Waals surface area contributed by atoms with E-state index in [0.717, 1.165) is 19.3 Å². The Morgan fingerprint density at radius 1 is 1.23 bits per heavy atom. The molecule has 8 nitrogen and oxygen atoms in total. The van der Waals surface area contributed by atoms with E-state index >= 15 is 0 Å². The number of unbranched alkanes of at least 4 members (excludes halogenated alkanes) is 2. The molecule has 0 unspecified atom stereocenters. The maximum absolute atomic E-state index is 12.7. The molecule has 2 rings (SSSR count). The van der Waals surface area contributed by atoms with Crippen molar-refractivity contribution in [2.45, 2.75) is 39.7 Å². The average molecular weight is 432 g/mol. The second kappa shape index (κ2) is 11.8. The van der Waals surface area contributed by atoms with Gasteiger partial charge in [0, 0.05) is 30.1 Å². The molecule has 0 radical (unpaired) electrons. The number of benzene rings is 1. The van der Waals surface area contributed by atoms with Crippen LogP contribution in [0.1, 0.15) is 54.2 Å². The summed E-state index contributed by atoms with van der Waals surface area (Å²) in [5, 5.41) is 13.0. The third-order valence-electron chi connectivity index (χ3n) is 4.23. The van der Waals surface area contributed by atoms with Crippen LogP contribution in [0.25, 0.3) is 6.08 Å². The molecule has 0 aliphatic carbocycles. The molecule has 1 aromatic carbocycles. The summed E-state index contributed by atoms with van der Waals surface area (Å²) in [6.45, 7) is 4.98. The molecule has 0 spiro atoms. The molecule has 30 heavy (non-hydrogen) atoms. The highest BCUT2D eigenvalue weighted by Gasteiger charge is 2.16. The van der Waals surface area contributed by atoms with E-state index in [1.54, 1.807) is 35.4 Å². The lowest BCUT2D eigenvalue weighted by Crippen LogP contribution is -2.30. The van der Waals surface area contributed by atoms with Crippen molar-refractivity contribution >= 4 is 35.0 Å². The summed E-state index contributed by atoms with van der Waals surface area (Å²) >= 11 is 1.31. The second-order valence-corrected chi connectivity index (χ2v) is 7.44. The Balaban J connectivity index is 2.08. The minimum atomic E-state index is -0.470. The summed E-state index contributed by atoms with van der Waals surface area (Å²) in [5.74, 6) is -0.653. The fourth-order valence-electron chi connectivity index (χ4n) is 2.65. The van der Waals surface area contributed by atoms with Gasteiger partial charge in [-0.25, -0.2) is 9.78 Å². The summed E-state index contributed by atoms with van der Waals surface area (Å²) in [6.07, 6.45) is 5.98. The van der Waals surface area contributed by atoms with Crippen LogP contribution in [-0.4, -0.2) is 39.8 Å². The predicted octanol–water partition coefficient (Wildman–Crippen LogP) is 4.46. The molecule has 1 heterocycles. The summed E-state index contributed by atoms with van der Waals surface area (Å²) in [6, 6.07) is 5.98. The number of nitrogens with zero attached hydrogens (tertiary/aromatic N) is 3. The Morgan fingerprint density at radius 2 is 1.97 bits per heavy atom. The maximum atomic E-state index is 12.7. The number of rotatable bonds is 11. The molecule has 0 saturated carbocycles. The van der Waals surface area contributed by atoms with Crippen LogP contribution >= 0.6 is 11.3 Å². The first-order valence-electron chi connectivity index (χ1n) is 9.77. The molecule has 0 aliphatic heterocycles. The maximum Gasteiger partial charge on any atom is 0.357 e. The van der Waals surface area contributed by atoms with Crippen molar-refractivity contribution in [3.63, 3.8) is 0 Å². The van der Waals surface area contributed by atoms with Gasteiger partial charge in [0.2, 0.25) is 5.91 Å². The summed E-state index contributed by atoms with van der Waals surface area (Å²) in [4.78, 5) is 40.8. The molecule has 2 aromatic rings. The summed E-state index contributed by atoms with van der Waals surface area (Å²) in [7, 11) is 0. The standard InChI is InChI=1S/C21H25N3O5S/c1-3-5-6-13-23(14-19-22-18(15-30-19)21(26)29-4-2)20(25)12-9-16-7-10-17(11-8-16)24(27)28/h7-12,15H,3-6,13-14H2,1-2H3/b12-9+. The Bertz CT molecular complexity index is 892. The number of carbonyl (C=O) groups is 2. The van der Waals surface area contributed by atoms with Crippen LogP contribution in [0, 0.1) is 10.1 Å². The number of non-ortho nitro benzene ring substituents is 1. The fraction of sp³-hybridized carbons (Fsp3) is 0.381. The number of carbonyl (C=O) groups excluding carboxylic acids is 2. The van der Waals surface area contributed by atoms with Gasteiger partial charge in [0.15, 0.2) is 5.69 Å². The van der Waals surface area contributed by atoms with E-state index in [2.05, 4.69) is 11.9 Å². The SMILES string of the molecule is CCCCCN(Cc1nc(C(=O)OCC)cs1)C(=O)/C=C/c1ccc([N+](=O)[O-])cc1. The van der Waals surface area contributed by atoms with Crippen molar-refractivity contribution in [3.05, 3.63) is 62.1 Å². The smallest absolute Gasteiger partial charge is 0.357 e. The number of amides is 1. The van der Waals surface area contributed by atoms with Crippen molar-refractivity contribution in [2.75, 3.05) is 13.2 Å². The van der Waals surface area contributed by atoms with Crippen LogP contribution in [0.5, 0.6) is 0 Å². The highest BCUT2D eigenvalue weighted by molar-refractivity contribution is 7.09. The zero-order chi connectivity index (χ0) is 21.9. The third kappa shape index (κ3) is 7.07. The van der Waals surface area contributed by atoms with Crippen LogP contribution < -0.4 is 0 Å². The topological polar surface area (TPSA) is 103 Å². The monoisotopic (exact) mass is 431 g/mol. The molecule has 9 heteroatoms. The van der Waals surface area contributed by atoms with Gasteiger partial charge in [-0.3, -0.25) is 14.9 Å². The Morgan fingerprint density at radius 3 is 2.60 bits per heavy atom. The van der Waals surface area contributed by atoms with E-state index in [9.17, 15) is 19.7 Å². The Kier molecular flexibility index (Phi) is 9.14. The number of nitro benzene ring substituents is 1. The van der Waals surface area contributed by atoms with E-state index in [4.69, 9.17) is 4.74 Å². The van der Waals surface area contributed by atoms with E-state index in [-0.39, 0.29) is 23.9 Å². The number of thiazole rings is 1. The van der Waals surface area contributed by atoms with Crippen LogP contribution in [-0.2, 0) is 16.1 Å². The lowest BCUT2D eigenvalue weighted by Gasteiger charge is -2.20. The summed E-state index contributed by atoms with van der Waals surface area (Å²) < 4.78 is 4.96. The third-order valence-corrected chi connectivity index (χ3v) is 5.06. The van der Waals surface area contributed by atoms with Crippen molar-refractivity contribution in [1.29, 1.82) is 0 Å². The van der Waals surface area contributed by atoms with Gasteiger partial charge in [0.1, 0.15) is 5.01 Å². The summed E-state index contributed by atoms with van der Waals surface area (Å²) in [5.41, 5.74) is 0.946. The van der Waals surface area contributed by atoms with Crippen LogP contribution in [0.4, 0.5) is 5.69 Å². The highest BCUT2D eigenvalue weighted by Crippen LogP contribution is 2.16. The molecular formula is C21H25N3O5S. The van der Waals surface area contributed by atoms with E-state index in [0.29, 0.717) is 23.7 Å². The first kappa shape index (κ1) is 23.2. The molecule has 1 amide bonds. The van der Waals surface area contributed by atoms with Gasteiger partial charge >= 0.3 is 5.97 Å². The predicted molar refractivity (Wildman–Crippen MR) is 115 cm³/mol. The van der Waals surface area contributed by atoms with Gasteiger partial charge in [-0.15, -0.1) is 11.3 Å². The van der Waals surface area contributed by atoms with Crippen LogP contribution in [0.15, 0.2) is 35.7 Å². The van der Waals surface area contributed by atoms with Gasteiger partial charge in [0.25, 0.3) is 5.69 Å². The van der Waals surface area contributed by atoms with Gasteiger partial charge in [-0.05, 0) is 37.1 Å². The first-order chi connectivity index (χ1) is 14.4. The molecule has 0 saturated heterocycles. The molecule has 0 fully saturated rings. The van der Waals surface area contributed by atoms with E-state index in [1.165, 1.54) is 29.5 Å². The average Bonchev–Trinajstić information content (AvgIpc) is 3.20. The van der Waals surface area contributed by atoms with Gasteiger partial charge < -0.3 is 9.64 Å². The minimum absolute atomic E-state index is 0.000780. The second-order valence-electron chi connectivity index (χ2n) is 6.50. The van der Waals surface area contributed by atoms with Crippen molar-refractivity contribution in [3.8, 4) is 0 Å². The number of esters is 1. The molecule has 1 aromatic heterocycles. The zero-order valence-electron chi connectivity index (χ0n) is 17.1. The molecule has 0 bridgehead atoms. The van der Waals surface area contributed by atoms with E-state index in [1.807, 2.05) is 0 Å². The molecule has 160 valence electrons. The highest BCUT2D eigenvalue weighted by atomic mass is 32.1. The van der Waals surface area contributed by atoms with Gasteiger partial charge in [-0.2, -0.15) is 0 Å². The molecule has 0 atom stereocenters. The Hall–Kier alpha value is -3.07. The van der Waals surface area contributed by atoms with Gasteiger partial charge in [0.05, 0.1) is 18.1 Å². The number of ether oxygens (including phenoxy) is 1. The largest absolute Gasteiger partial charge is 0.461 e. The quantitative estimate of drug-likeness (QED) is 0.171. The number of aromatic nitrogens is 1. The zero-order valence-corrected chi connectivity index (χ0v) is 17.9.